The van der Waals surface area contributed by atoms with E-state index < -0.39 is 23.5 Å². The largest absolute Gasteiger partial charge is 0.482 e. The minimum Gasteiger partial charge on any atom is -0.482 e. The number of fused-ring (bicyclic) bond motifs is 1. The monoisotopic (exact) mass is 468 g/mol. The number of nitrogens with one attached hydrogen (secondary N) is 1. The van der Waals surface area contributed by atoms with Crippen LogP contribution in [0.2, 0.25) is 0 Å². The summed E-state index contributed by atoms with van der Waals surface area (Å²) in [6.07, 6.45) is -3.15. The number of ether oxygens (including phenoxy) is 1. The van der Waals surface area contributed by atoms with Gasteiger partial charge in [0.25, 0.3) is 11.8 Å². The van der Waals surface area contributed by atoms with E-state index in [1.165, 1.54) is 4.90 Å². The van der Waals surface area contributed by atoms with Gasteiger partial charge in [0.15, 0.2) is 6.61 Å². The van der Waals surface area contributed by atoms with Crippen molar-refractivity contribution < 1.29 is 31.9 Å². The van der Waals surface area contributed by atoms with Crippen LogP contribution in [-0.4, -0.2) is 22.7 Å². The van der Waals surface area contributed by atoms with Crippen molar-refractivity contribution in [3.05, 3.63) is 63.8 Å². The molecule has 1 N–H and O–H groups in total. The lowest BCUT2D eigenvalue weighted by molar-refractivity contribution is -0.137. The van der Waals surface area contributed by atoms with E-state index in [1.54, 1.807) is 24.3 Å². The summed E-state index contributed by atoms with van der Waals surface area (Å²) in [5.74, 6) is -1.56. The van der Waals surface area contributed by atoms with Gasteiger partial charge in [0.2, 0.25) is 0 Å². The van der Waals surface area contributed by atoms with Gasteiger partial charge in [-0.15, -0.1) is 0 Å². The molecule has 0 bridgehead atoms. The molecule has 0 saturated carbocycles. The summed E-state index contributed by atoms with van der Waals surface area (Å²) in [6.45, 7) is -0.587. The third-order valence-electron chi connectivity index (χ3n) is 4.49. The van der Waals surface area contributed by atoms with E-state index in [2.05, 4.69) is 5.32 Å². The molecular weight excluding hydrogens is 456 g/mol. The summed E-state index contributed by atoms with van der Waals surface area (Å²) in [5.41, 5.74) is -0.301. The molecule has 0 aliphatic carbocycles. The predicted molar refractivity (Wildman–Crippen MR) is 111 cm³/mol. The van der Waals surface area contributed by atoms with Crippen molar-refractivity contribution in [2.24, 2.45) is 0 Å². The summed E-state index contributed by atoms with van der Waals surface area (Å²) in [4.78, 5) is 25.9. The highest BCUT2D eigenvalue weighted by Gasteiger charge is 2.32. The minimum absolute atomic E-state index is 0.0200. The fourth-order valence-corrected chi connectivity index (χ4v) is 4.19. The lowest BCUT2D eigenvalue weighted by Crippen LogP contribution is -2.38. The molecule has 2 heterocycles. The van der Waals surface area contributed by atoms with Crippen molar-refractivity contribution in [2.45, 2.75) is 12.7 Å². The van der Waals surface area contributed by atoms with Gasteiger partial charge >= 0.3 is 6.18 Å². The summed E-state index contributed by atoms with van der Waals surface area (Å²) >= 11 is 6.03. The Bertz CT molecular complexity index is 1150. The summed E-state index contributed by atoms with van der Waals surface area (Å²) in [7, 11) is 0. The van der Waals surface area contributed by atoms with Crippen molar-refractivity contribution in [2.75, 3.05) is 11.5 Å². The second-order valence-electron chi connectivity index (χ2n) is 6.69. The zero-order valence-electron chi connectivity index (χ0n) is 15.5. The average Bonchev–Trinajstić information content (AvgIpc) is 3.00. The minimum atomic E-state index is -4.72. The first-order valence-electron chi connectivity index (χ1n) is 8.79. The maximum atomic E-state index is 13.8. The van der Waals surface area contributed by atoms with Crippen LogP contribution in [0.15, 0.2) is 41.3 Å². The first-order valence-corrected chi connectivity index (χ1v) is 10.0. The number of alkyl halides is 3. The number of carbonyl (C=O) groups excluding carboxylic acids is 2. The highest BCUT2D eigenvalue weighted by Crippen LogP contribution is 2.37. The number of hydrogen-bond donors (Lipinski definition) is 1. The number of thiocarbonyl (C=S) groups is 1. The Labute approximate surface area is 183 Å². The standard InChI is InChI=1S/C20H12F4N2O3S2/c21-13-4-11(3-12(7-13)20(22,23)24)8-26-14-5-10(1-2-15(14)29-9-17(26)27)6-16-18(28)25-19(30)31-16/h1-7H,8-9H2,(H,25,28,30). The van der Waals surface area contributed by atoms with Crippen LogP contribution < -0.4 is 15.0 Å². The van der Waals surface area contributed by atoms with E-state index in [4.69, 9.17) is 17.0 Å². The number of halogens is 4. The number of hydrogen-bond acceptors (Lipinski definition) is 5. The van der Waals surface area contributed by atoms with Gasteiger partial charge in [0.05, 0.1) is 22.7 Å². The molecule has 5 nitrogen and oxygen atoms in total. The first kappa shape index (κ1) is 21.3. The van der Waals surface area contributed by atoms with Gasteiger partial charge in [0.1, 0.15) is 15.9 Å². The van der Waals surface area contributed by atoms with Gasteiger partial charge < -0.3 is 15.0 Å². The zero-order chi connectivity index (χ0) is 22.3. The molecule has 0 atom stereocenters. The lowest BCUT2D eigenvalue weighted by Gasteiger charge is -2.30. The van der Waals surface area contributed by atoms with Gasteiger partial charge in [-0.05, 0) is 47.5 Å². The number of anilines is 1. The molecule has 2 aliphatic rings. The second-order valence-corrected chi connectivity index (χ2v) is 8.41. The molecule has 4 rings (SSSR count). The molecule has 1 saturated heterocycles. The molecule has 160 valence electrons. The number of rotatable bonds is 3. The Kier molecular flexibility index (Phi) is 5.48. The Morgan fingerprint density at radius 2 is 1.97 bits per heavy atom. The maximum absolute atomic E-state index is 13.8. The van der Waals surface area contributed by atoms with Crippen LogP contribution in [0, 0.1) is 5.82 Å². The number of carbonyl (C=O) groups is 2. The van der Waals surface area contributed by atoms with Crippen LogP contribution in [0.25, 0.3) is 6.08 Å². The quantitative estimate of drug-likeness (QED) is 0.415. The van der Waals surface area contributed by atoms with E-state index in [0.717, 1.165) is 23.9 Å². The van der Waals surface area contributed by atoms with Gasteiger partial charge in [-0.3, -0.25) is 9.59 Å². The maximum Gasteiger partial charge on any atom is 0.416 e. The fourth-order valence-electron chi connectivity index (χ4n) is 3.14. The Morgan fingerprint density at radius 3 is 2.65 bits per heavy atom. The summed E-state index contributed by atoms with van der Waals surface area (Å²) in [5, 5.41) is 2.49. The fraction of sp³-hybridized carbons (Fsp3) is 0.150. The van der Waals surface area contributed by atoms with E-state index in [0.29, 0.717) is 32.3 Å². The van der Waals surface area contributed by atoms with Gasteiger partial charge in [-0.2, -0.15) is 13.2 Å². The molecule has 0 aromatic heterocycles. The third kappa shape index (κ3) is 4.57. The smallest absolute Gasteiger partial charge is 0.416 e. The highest BCUT2D eigenvalue weighted by molar-refractivity contribution is 8.26. The third-order valence-corrected chi connectivity index (χ3v) is 5.65. The highest BCUT2D eigenvalue weighted by atomic mass is 32.2. The van der Waals surface area contributed by atoms with Crippen molar-refractivity contribution in [1.29, 1.82) is 0 Å². The van der Waals surface area contributed by atoms with Crippen molar-refractivity contribution in [1.82, 2.24) is 5.32 Å². The summed E-state index contributed by atoms with van der Waals surface area (Å²) < 4.78 is 58.6. The number of nitrogens with zero attached hydrogens (tertiary/aromatic N) is 1. The second kappa shape index (κ2) is 7.97. The van der Waals surface area contributed by atoms with Crippen LogP contribution in [0.5, 0.6) is 5.75 Å². The first-order chi connectivity index (χ1) is 14.6. The van der Waals surface area contributed by atoms with Crippen LogP contribution in [0.1, 0.15) is 16.7 Å². The number of thioether (sulfide) groups is 1. The molecule has 11 heteroatoms. The average molecular weight is 468 g/mol. The Hall–Kier alpha value is -2.92. The predicted octanol–water partition coefficient (Wildman–Crippen LogP) is 4.26. The molecular formula is C20H12F4N2O3S2. The molecule has 0 unspecified atom stereocenters. The van der Waals surface area contributed by atoms with E-state index >= 15 is 0 Å². The molecule has 0 radical (unpaired) electrons. The normalized spacial score (nSPS) is 17.6. The van der Waals surface area contributed by atoms with Gasteiger partial charge in [-0.1, -0.05) is 30.0 Å². The molecule has 2 aromatic rings. The molecule has 2 amide bonds. The van der Waals surface area contributed by atoms with Crippen molar-refractivity contribution in [3.63, 3.8) is 0 Å². The molecule has 1 fully saturated rings. The molecule has 0 spiro atoms. The zero-order valence-corrected chi connectivity index (χ0v) is 17.1. The number of amides is 2. The van der Waals surface area contributed by atoms with Crippen LogP contribution in [-0.2, 0) is 22.3 Å². The lowest BCUT2D eigenvalue weighted by atomic mass is 10.1. The van der Waals surface area contributed by atoms with Crippen molar-refractivity contribution >= 4 is 51.9 Å². The Morgan fingerprint density at radius 1 is 1.19 bits per heavy atom. The van der Waals surface area contributed by atoms with Crippen molar-refractivity contribution in [3.8, 4) is 5.75 Å². The Balaban J connectivity index is 1.69. The van der Waals surface area contributed by atoms with Gasteiger partial charge in [-0.25, -0.2) is 4.39 Å². The van der Waals surface area contributed by atoms with Gasteiger partial charge in [0, 0.05) is 0 Å². The van der Waals surface area contributed by atoms with Crippen LogP contribution in [0.3, 0.4) is 0 Å². The molecule has 31 heavy (non-hydrogen) atoms. The SMILES string of the molecule is O=C1NC(=S)SC1=Cc1ccc2c(c1)N(Cc1cc(F)cc(C(F)(F)F)c1)C(=O)CO2. The summed E-state index contributed by atoms with van der Waals surface area (Å²) in [6, 6.07) is 6.97. The van der Waals surface area contributed by atoms with E-state index in [1.807, 2.05) is 0 Å². The van der Waals surface area contributed by atoms with Crippen LogP contribution in [0.4, 0.5) is 23.2 Å². The topological polar surface area (TPSA) is 58.6 Å². The van der Waals surface area contributed by atoms with Crippen LogP contribution >= 0.6 is 24.0 Å². The number of benzene rings is 2. The molecule has 2 aromatic carbocycles. The van der Waals surface area contributed by atoms with E-state index in [9.17, 15) is 27.2 Å². The molecule has 2 aliphatic heterocycles. The van der Waals surface area contributed by atoms with E-state index in [-0.39, 0.29) is 24.6 Å².